The van der Waals surface area contributed by atoms with E-state index in [-0.39, 0.29) is 0 Å². The Morgan fingerprint density at radius 2 is 2.25 bits per heavy atom. The lowest BCUT2D eigenvalue weighted by atomic mass is 9.90. The van der Waals surface area contributed by atoms with E-state index in [9.17, 15) is 0 Å². The molecular weight excluding hydrogens is 248 g/mol. The van der Waals surface area contributed by atoms with Gasteiger partial charge >= 0.3 is 0 Å². The molecule has 2 N–H and O–H groups in total. The maximum absolute atomic E-state index is 5.87. The number of aromatic nitrogens is 2. The molecule has 3 rings (SSSR count). The van der Waals surface area contributed by atoms with Crippen LogP contribution in [0.3, 0.4) is 0 Å². The van der Waals surface area contributed by atoms with Crippen molar-refractivity contribution in [3.8, 4) is 5.69 Å². The van der Waals surface area contributed by atoms with Crippen LogP contribution in [0.15, 0.2) is 42.7 Å². The maximum Gasteiger partial charge on any atom is 0.0648 e. The van der Waals surface area contributed by atoms with Crippen LogP contribution in [0.5, 0.6) is 0 Å². The Labute approximate surface area is 120 Å². The van der Waals surface area contributed by atoms with E-state index in [0.29, 0.717) is 5.41 Å². The number of hydrogen-bond acceptors (Lipinski definition) is 3. The number of likely N-dealkylation sites (tertiary alicyclic amines) is 1. The third kappa shape index (κ3) is 2.76. The third-order valence-electron chi connectivity index (χ3n) is 4.22. The van der Waals surface area contributed by atoms with Gasteiger partial charge < -0.3 is 5.73 Å². The third-order valence-corrected chi connectivity index (χ3v) is 4.22. The minimum Gasteiger partial charge on any atom is -0.330 e. The highest BCUT2D eigenvalue weighted by Crippen LogP contribution is 2.29. The number of nitrogens with two attached hydrogens (primary N) is 1. The maximum atomic E-state index is 5.87. The van der Waals surface area contributed by atoms with Crippen molar-refractivity contribution in [2.45, 2.75) is 19.9 Å². The van der Waals surface area contributed by atoms with E-state index in [2.05, 4.69) is 41.2 Å². The van der Waals surface area contributed by atoms with Gasteiger partial charge in [-0.25, -0.2) is 4.68 Å². The smallest absolute Gasteiger partial charge is 0.0648 e. The molecule has 0 saturated carbocycles. The summed E-state index contributed by atoms with van der Waals surface area (Å²) in [7, 11) is 0. The van der Waals surface area contributed by atoms with Gasteiger partial charge in [0.15, 0.2) is 0 Å². The van der Waals surface area contributed by atoms with Gasteiger partial charge in [0.2, 0.25) is 0 Å². The van der Waals surface area contributed by atoms with Crippen molar-refractivity contribution in [3.63, 3.8) is 0 Å². The second-order valence-electron chi connectivity index (χ2n) is 6.10. The first kappa shape index (κ1) is 13.3. The van der Waals surface area contributed by atoms with Crippen molar-refractivity contribution in [2.75, 3.05) is 19.6 Å². The second-order valence-corrected chi connectivity index (χ2v) is 6.10. The lowest BCUT2D eigenvalue weighted by Gasteiger charge is -2.22. The van der Waals surface area contributed by atoms with Gasteiger partial charge in [-0.2, -0.15) is 5.10 Å². The zero-order valence-electron chi connectivity index (χ0n) is 12.0. The van der Waals surface area contributed by atoms with Gasteiger partial charge in [0.05, 0.1) is 5.69 Å². The highest BCUT2D eigenvalue weighted by molar-refractivity contribution is 5.35. The fraction of sp³-hybridized carbons (Fsp3) is 0.438. The van der Waals surface area contributed by atoms with Gasteiger partial charge in [0, 0.05) is 25.5 Å². The summed E-state index contributed by atoms with van der Waals surface area (Å²) in [5.41, 5.74) is 8.62. The molecule has 4 nitrogen and oxygen atoms in total. The van der Waals surface area contributed by atoms with Gasteiger partial charge in [0.1, 0.15) is 0 Å². The molecule has 0 spiro atoms. The van der Waals surface area contributed by atoms with Crippen LogP contribution < -0.4 is 5.73 Å². The summed E-state index contributed by atoms with van der Waals surface area (Å²) in [6, 6.07) is 10.5. The molecule has 2 aromatic rings. The molecule has 4 heteroatoms. The second kappa shape index (κ2) is 5.38. The molecule has 0 radical (unpaired) electrons. The molecule has 106 valence electrons. The van der Waals surface area contributed by atoms with Crippen LogP contribution in [0.1, 0.15) is 18.9 Å². The van der Waals surface area contributed by atoms with Crippen LogP contribution in [0.4, 0.5) is 0 Å². The number of benzene rings is 1. The van der Waals surface area contributed by atoms with Crippen molar-refractivity contribution in [2.24, 2.45) is 11.1 Å². The van der Waals surface area contributed by atoms with Crippen LogP contribution in [0, 0.1) is 5.41 Å². The van der Waals surface area contributed by atoms with Crippen molar-refractivity contribution in [1.82, 2.24) is 14.7 Å². The zero-order valence-corrected chi connectivity index (χ0v) is 12.0. The van der Waals surface area contributed by atoms with E-state index >= 15 is 0 Å². The molecule has 0 amide bonds. The summed E-state index contributed by atoms with van der Waals surface area (Å²) in [5, 5.41) is 4.28. The van der Waals surface area contributed by atoms with Crippen LogP contribution in [0.25, 0.3) is 5.69 Å². The number of hydrogen-bond donors (Lipinski definition) is 1. The fourth-order valence-corrected chi connectivity index (χ4v) is 2.90. The monoisotopic (exact) mass is 270 g/mol. The highest BCUT2D eigenvalue weighted by atomic mass is 15.3. The fourth-order valence-electron chi connectivity index (χ4n) is 2.90. The molecular formula is C16H22N4. The molecule has 1 aliphatic heterocycles. The van der Waals surface area contributed by atoms with E-state index in [1.54, 1.807) is 6.20 Å². The summed E-state index contributed by atoms with van der Waals surface area (Å²) < 4.78 is 1.90. The van der Waals surface area contributed by atoms with Crippen molar-refractivity contribution in [1.29, 1.82) is 0 Å². The first-order valence-corrected chi connectivity index (χ1v) is 7.20. The summed E-state index contributed by atoms with van der Waals surface area (Å²) in [4.78, 5) is 2.50. The van der Waals surface area contributed by atoms with Crippen LogP contribution in [-0.2, 0) is 6.54 Å². The average Bonchev–Trinajstić information content (AvgIpc) is 3.10. The molecule has 0 bridgehead atoms. The van der Waals surface area contributed by atoms with Crippen LogP contribution >= 0.6 is 0 Å². The number of rotatable bonds is 4. The summed E-state index contributed by atoms with van der Waals surface area (Å²) >= 11 is 0. The van der Waals surface area contributed by atoms with Gasteiger partial charge in [-0.1, -0.05) is 19.1 Å². The Bertz CT molecular complexity index is 564. The van der Waals surface area contributed by atoms with E-state index in [0.717, 1.165) is 31.9 Å². The van der Waals surface area contributed by atoms with E-state index in [1.165, 1.54) is 12.0 Å². The Hall–Kier alpha value is -1.65. The molecule has 1 aromatic carbocycles. The number of nitrogens with zero attached hydrogens (tertiary/aromatic N) is 3. The molecule has 0 aliphatic carbocycles. The summed E-state index contributed by atoms with van der Waals surface area (Å²) in [5.74, 6) is 0. The summed E-state index contributed by atoms with van der Waals surface area (Å²) in [6.07, 6.45) is 4.97. The topological polar surface area (TPSA) is 47.1 Å². The van der Waals surface area contributed by atoms with Crippen molar-refractivity contribution >= 4 is 0 Å². The Morgan fingerprint density at radius 1 is 1.35 bits per heavy atom. The predicted molar refractivity (Wildman–Crippen MR) is 80.6 cm³/mol. The molecule has 1 unspecified atom stereocenters. The van der Waals surface area contributed by atoms with Gasteiger partial charge in [-0.15, -0.1) is 0 Å². The average molecular weight is 270 g/mol. The Kier molecular flexibility index (Phi) is 3.59. The normalized spacial score (nSPS) is 23.3. The minimum atomic E-state index is 0.291. The molecule has 20 heavy (non-hydrogen) atoms. The molecule has 1 saturated heterocycles. The van der Waals surface area contributed by atoms with E-state index in [4.69, 9.17) is 5.73 Å². The lowest BCUT2D eigenvalue weighted by molar-refractivity contribution is 0.274. The summed E-state index contributed by atoms with van der Waals surface area (Å²) in [6.45, 7) is 6.28. The minimum absolute atomic E-state index is 0.291. The van der Waals surface area contributed by atoms with E-state index < -0.39 is 0 Å². The lowest BCUT2D eigenvalue weighted by Crippen LogP contribution is -2.31. The quantitative estimate of drug-likeness (QED) is 0.925. The standard InChI is InChI=1S/C16H22N4/c1-16(12-17)6-9-19(13-16)11-14-4-2-5-15(10-14)20-8-3-7-18-20/h2-5,7-8,10H,6,9,11-13,17H2,1H3. The largest absolute Gasteiger partial charge is 0.330 e. The first-order valence-electron chi connectivity index (χ1n) is 7.20. The molecule has 1 atom stereocenters. The predicted octanol–water partition coefficient (Wildman–Crippen LogP) is 2.04. The Morgan fingerprint density at radius 3 is 2.95 bits per heavy atom. The Balaban J connectivity index is 1.71. The zero-order chi connectivity index (χ0) is 14.0. The van der Waals surface area contributed by atoms with Gasteiger partial charge in [0.25, 0.3) is 0 Å². The van der Waals surface area contributed by atoms with Crippen molar-refractivity contribution < 1.29 is 0 Å². The first-order chi connectivity index (χ1) is 9.68. The van der Waals surface area contributed by atoms with Gasteiger partial charge in [-0.3, -0.25) is 4.90 Å². The molecule has 1 aliphatic rings. The van der Waals surface area contributed by atoms with Gasteiger partial charge in [-0.05, 0) is 48.7 Å². The van der Waals surface area contributed by atoms with E-state index in [1.807, 2.05) is 16.9 Å². The van der Waals surface area contributed by atoms with Crippen LogP contribution in [0.2, 0.25) is 0 Å². The SMILES string of the molecule is CC1(CN)CCN(Cc2cccc(-n3cccn3)c2)C1. The molecule has 1 fully saturated rings. The molecule has 2 heterocycles. The van der Waals surface area contributed by atoms with Crippen LogP contribution in [-0.4, -0.2) is 34.3 Å². The molecule has 1 aromatic heterocycles. The van der Waals surface area contributed by atoms with Crippen molar-refractivity contribution in [3.05, 3.63) is 48.3 Å². The highest BCUT2D eigenvalue weighted by Gasteiger charge is 2.32.